The fourth-order valence-corrected chi connectivity index (χ4v) is 2.31. The largest absolute Gasteiger partial charge is 0.359 e. The maximum Gasteiger partial charge on any atom is 0.205 e. The Kier molecular flexibility index (Phi) is 3.31. The van der Waals surface area contributed by atoms with Gasteiger partial charge in [-0.2, -0.15) is 0 Å². The van der Waals surface area contributed by atoms with Crippen molar-refractivity contribution < 1.29 is 0 Å². The van der Waals surface area contributed by atoms with Crippen molar-refractivity contribution in [3.63, 3.8) is 0 Å². The molecule has 1 atom stereocenters. The molecule has 14 heavy (non-hydrogen) atoms. The van der Waals surface area contributed by atoms with Crippen molar-refractivity contribution in [1.82, 2.24) is 15.1 Å². The second kappa shape index (κ2) is 4.70. The minimum absolute atomic E-state index is 0.660. The van der Waals surface area contributed by atoms with Crippen LogP contribution in [0.2, 0.25) is 0 Å². The van der Waals surface area contributed by atoms with Crippen LogP contribution in [-0.4, -0.2) is 41.3 Å². The molecule has 2 rings (SSSR count). The van der Waals surface area contributed by atoms with Gasteiger partial charge in [0.15, 0.2) is 0 Å². The van der Waals surface area contributed by atoms with Gasteiger partial charge in [-0.25, -0.2) is 0 Å². The van der Waals surface area contributed by atoms with Gasteiger partial charge in [0.1, 0.15) is 5.51 Å². The topological polar surface area (TPSA) is 41.0 Å². The van der Waals surface area contributed by atoms with Crippen LogP contribution in [0.15, 0.2) is 5.51 Å². The molecule has 5 heteroatoms. The highest BCUT2D eigenvalue weighted by atomic mass is 32.1. The number of piperidine rings is 1. The highest BCUT2D eigenvalue weighted by Gasteiger charge is 2.18. The zero-order valence-corrected chi connectivity index (χ0v) is 9.26. The zero-order valence-electron chi connectivity index (χ0n) is 8.44. The standard InChI is InChI=1S/C9H16N4S/c1-13-5-3-2-4-8(13)6-10-9-12-11-7-14-9/h7-8H,2-6H2,1H3,(H,10,12). The van der Waals surface area contributed by atoms with E-state index in [1.165, 1.54) is 25.8 Å². The molecule has 0 amide bonds. The first-order chi connectivity index (χ1) is 6.86. The molecular weight excluding hydrogens is 196 g/mol. The van der Waals surface area contributed by atoms with E-state index in [4.69, 9.17) is 0 Å². The van der Waals surface area contributed by atoms with Crippen molar-refractivity contribution in [3.8, 4) is 0 Å². The average Bonchev–Trinajstić information content (AvgIpc) is 2.69. The van der Waals surface area contributed by atoms with Crippen LogP contribution < -0.4 is 5.32 Å². The molecular formula is C9H16N4S. The van der Waals surface area contributed by atoms with Gasteiger partial charge in [0.2, 0.25) is 5.13 Å². The lowest BCUT2D eigenvalue weighted by Crippen LogP contribution is -2.40. The molecule has 4 nitrogen and oxygen atoms in total. The van der Waals surface area contributed by atoms with Gasteiger partial charge >= 0.3 is 0 Å². The van der Waals surface area contributed by atoms with Crippen LogP contribution in [0.3, 0.4) is 0 Å². The molecule has 1 aromatic rings. The Bertz CT molecular complexity index is 262. The molecule has 1 unspecified atom stereocenters. The van der Waals surface area contributed by atoms with E-state index in [2.05, 4.69) is 27.5 Å². The smallest absolute Gasteiger partial charge is 0.205 e. The molecule has 1 aromatic heterocycles. The summed E-state index contributed by atoms with van der Waals surface area (Å²) in [5.41, 5.74) is 1.76. The number of hydrogen-bond donors (Lipinski definition) is 1. The van der Waals surface area contributed by atoms with Gasteiger partial charge in [-0.15, -0.1) is 10.2 Å². The van der Waals surface area contributed by atoms with Crippen molar-refractivity contribution in [3.05, 3.63) is 5.51 Å². The fraction of sp³-hybridized carbons (Fsp3) is 0.778. The molecule has 1 aliphatic rings. The fourth-order valence-electron chi connectivity index (χ4n) is 1.86. The summed E-state index contributed by atoms with van der Waals surface area (Å²) in [6, 6.07) is 0.660. The molecule has 1 N–H and O–H groups in total. The van der Waals surface area contributed by atoms with Gasteiger partial charge in [0.25, 0.3) is 0 Å². The third-order valence-electron chi connectivity index (χ3n) is 2.77. The summed E-state index contributed by atoms with van der Waals surface area (Å²) < 4.78 is 0. The van der Waals surface area contributed by atoms with Crippen LogP contribution in [0.5, 0.6) is 0 Å². The van der Waals surface area contributed by atoms with Gasteiger partial charge in [0.05, 0.1) is 0 Å². The summed E-state index contributed by atoms with van der Waals surface area (Å²) in [5.74, 6) is 0. The zero-order chi connectivity index (χ0) is 9.80. The van der Waals surface area contributed by atoms with Crippen LogP contribution in [0.1, 0.15) is 19.3 Å². The van der Waals surface area contributed by atoms with Crippen molar-refractivity contribution in [1.29, 1.82) is 0 Å². The molecule has 1 saturated heterocycles. The van der Waals surface area contributed by atoms with E-state index in [1.54, 1.807) is 16.8 Å². The quantitative estimate of drug-likeness (QED) is 0.823. The van der Waals surface area contributed by atoms with Gasteiger partial charge in [-0.05, 0) is 26.4 Å². The Hall–Kier alpha value is -0.680. The van der Waals surface area contributed by atoms with Crippen molar-refractivity contribution in [2.24, 2.45) is 0 Å². The van der Waals surface area contributed by atoms with E-state index >= 15 is 0 Å². The van der Waals surface area contributed by atoms with Crippen LogP contribution in [-0.2, 0) is 0 Å². The lowest BCUT2D eigenvalue weighted by molar-refractivity contribution is 0.194. The Labute approximate surface area is 88.3 Å². The van der Waals surface area contributed by atoms with E-state index in [9.17, 15) is 0 Å². The van der Waals surface area contributed by atoms with Crippen LogP contribution in [0.4, 0.5) is 5.13 Å². The normalized spacial score (nSPS) is 23.6. The molecule has 0 spiro atoms. The Balaban J connectivity index is 1.79. The average molecular weight is 212 g/mol. The van der Waals surface area contributed by atoms with Crippen LogP contribution in [0.25, 0.3) is 0 Å². The first-order valence-electron chi connectivity index (χ1n) is 5.06. The highest BCUT2D eigenvalue weighted by Crippen LogP contribution is 2.16. The summed E-state index contributed by atoms with van der Waals surface area (Å²) in [5, 5.41) is 12.0. The lowest BCUT2D eigenvalue weighted by Gasteiger charge is -2.32. The first-order valence-corrected chi connectivity index (χ1v) is 5.94. The van der Waals surface area contributed by atoms with E-state index in [1.807, 2.05) is 0 Å². The number of rotatable bonds is 3. The van der Waals surface area contributed by atoms with E-state index < -0.39 is 0 Å². The number of anilines is 1. The molecule has 0 radical (unpaired) electrons. The minimum atomic E-state index is 0.660. The summed E-state index contributed by atoms with van der Waals surface area (Å²) in [6.45, 7) is 2.22. The van der Waals surface area contributed by atoms with Gasteiger partial charge in [-0.1, -0.05) is 17.8 Å². The molecule has 1 aliphatic heterocycles. The number of likely N-dealkylation sites (tertiary alicyclic amines) is 1. The van der Waals surface area contributed by atoms with Crippen molar-refractivity contribution >= 4 is 16.5 Å². The van der Waals surface area contributed by atoms with Gasteiger partial charge in [-0.3, -0.25) is 0 Å². The summed E-state index contributed by atoms with van der Waals surface area (Å²) >= 11 is 1.56. The monoisotopic (exact) mass is 212 g/mol. The van der Waals surface area contributed by atoms with Gasteiger partial charge in [0, 0.05) is 12.6 Å². The van der Waals surface area contributed by atoms with Crippen LogP contribution >= 0.6 is 11.3 Å². The second-order valence-corrected chi connectivity index (χ2v) is 4.59. The maximum absolute atomic E-state index is 3.96. The number of hydrogen-bond acceptors (Lipinski definition) is 5. The third-order valence-corrected chi connectivity index (χ3v) is 3.42. The highest BCUT2D eigenvalue weighted by molar-refractivity contribution is 7.13. The molecule has 1 fully saturated rings. The molecule has 0 aromatic carbocycles. The Morgan fingerprint density at radius 1 is 1.64 bits per heavy atom. The van der Waals surface area contributed by atoms with E-state index in [0.29, 0.717) is 6.04 Å². The third kappa shape index (κ3) is 2.42. The number of nitrogens with zero attached hydrogens (tertiary/aromatic N) is 3. The number of nitrogens with one attached hydrogen (secondary N) is 1. The summed E-state index contributed by atoms with van der Waals surface area (Å²) in [4.78, 5) is 2.43. The van der Waals surface area contributed by atoms with Gasteiger partial charge < -0.3 is 10.2 Å². The first kappa shape index (κ1) is 9.86. The molecule has 0 bridgehead atoms. The Morgan fingerprint density at radius 3 is 3.29 bits per heavy atom. The van der Waals surface area contributed by atoms with Crippen molar-refractivity contribution in [2.75, 3.05) is 25.5 Å². The molecule has 78 valence electrons. The molecule has 2 heterocycles. The Morgan fingerprint density at radius 2 is 2.57 bits per heavy atom. The maximum atomic E-state index is 3.96. The van der Waals surface area contributed by atoms with Crippen molar-refractivity contribution in [2.45, 2.75) is 25.3 Å². The predicted octanol–water partition coefficient (Wildman–Crippen LogP) is 1.43. The van der Waals surface area contributed by atoms with E-state index in [0.717, 1.165) is 11.7 Å². The second-order valence-electron chi connectivity index (χ2n) is 3.75. The minimum Gasteiger partial charge on any atom is -0.359 e. The number of likely N-dealkylation sites (N-methyl/N-ethyl adjacent to an activating group) is 1. The molecule has 0 aliphatic carbocycles. The number of aromatic nitrogens is 2. The summed E-state index contributed by atoms with van der Waals surface area (Å²) in [7, 11) is 2.20. The molecule has 0 saturated carbocycles. The SMILES string of the molecule is CN1CCCCC1CNc1nncs1. The van der Waals surface area contributed by atoms with E-state index in [-0.39, 0.29) is 0 Å². The summed E-state index contributed by atoms with van der Waals surface area (Å²) in [6.07, 6.45) is 3.99. The lowest BCUT2D eigenvalue weighted by atomic mass is 10.0. The predicted molar refractivity (Wildman–Crippen MR) is 58.7 cm³/mol. The van der Waals surface area contributed by atoms with Crippen LogP contribution in [0, 0.1) is 0 Å².